The van der Waals surface area contributed by atoms with Gasteiger partial charge in [-0.3, -0.25) is 10.1 Å². The van der Waals surface area contributed by atoms with Gasteiger partial charge in [0, 0.05) is 6.42 Å². The van der Waals surface area contributed by atoms with Crippen molar-refractivity contribution in [2.75, 3.05) is 5.32 Å². The van der Waals surface area contributed by atoms with Crippen molar-refractivity contribution in [1.29, 1.82) is 0 Å². The topological polar surface area (TPSA) is 104 Å². The van der Waals surface area contributed by atoms with Crippen LogP contribution in [0.1, 0.15) is 98.8 Å². The second-order valence-corrected chi connectivity index (χ2v) is 13.4. The Morgan fingerprint density at radius 3 is 2.60 bits per heavy atom. The first kappa shape index (κ1) is 25.2. The van der Waals surface area contributed by atoms with Crippen molar-refractivity contribution in [3.63, 3.8) is 0 Å². The number of tetrazole rings is 1. The van der Waals surface area contributed by atoms with Crippen LogP contribution in [0.2, 0.25) is 0 Å². The predicted octanol–water partition coefficient (Wildman–Crippen LogP) is 5.46. The minimum Gasteiger partial charge on any atom is -0.393 e. The van der Waals surface area contributed by atoms with Crippen molar-refractivity contribution >= 4 is 11.9 Å². The van der Waals surface area contributed by atoms with Gasteiger partial charge in [-0.2, -0.15) is 5.21 Å². The van der Waals surface area contributed by atoms with E-state index in [9.17, 15) is 9.90 Å². The van der Waals surface area contributed by atoms with Crippen LogP contribution in [0.25, 0.3) is 0 Å². The lowest BCUT2D eigenvalue weighted by molar-refractivity contribution is -0.198. The number of aromatic nitrogens is 4. The van der Waals surface area contributed by atoms with Gasteiger partial charge in [0.15, 0.2) is 0 Å². The fraction of sp³-hybridized carbons (Fsp3) is 0.929. The summed E-state index contributed by atoms with van der Waals surface area (Å²) in [6.45, 7) is 12.2. The fourth-order valence-corrected chi connectivity index (χ4v) is 10.1. The quantitative estimate of drug-likeness (QED) is 0.497. The summed E-state index contributed by atoms with van der Waals surface area (Å²) in [6.07, 6.45) is 11.4. The van der Waals surface area contributed by atoms with Crippen LogP contribution in [0.5, 0.6) is 0 Å². The maximum Gasteiger partial charge on any atom is 0.269 e. The van der Waals surface area contributed by atoms with E-state index in [4.69, 9.17) is 0 Å². The molecular formula is C28H47N5O2. The monoisotopic (exact) mass is 485 g/mol. The Morgan fingerprint density at radius 1 is 1.14 bits per heavy atom. The smallest absolute Gasteiger partial charge is 0.269 e. The molecule has 4 saturated carbocycles. The fourth-order valence-electron chi connectivity index (χ4n) is 10.1. The summed E-state index contributed by atoms with van der Waals surface area (Å²) < 4.78 is 0. The van der Waals surface area contributed by atoms with Gasteiger partial charge in [-0.15, -0.1) is 5.10 Å². The van der Waals surface area contributed by atoms with E-state index in [0.29, 0.717) is 53.3 Å². The SMILES string of the molecule is CC[C@H]1[C@@H](O)[C@@H]2[C@H](CC[C@]3(C)[C@@H]([C@H](C)CCC(=O)Nc4nn[nH]n4)CC[C@@H]23)[C@@]2(C)CC[C@@H](C)C[C@@H]12. The highest BCUT2D eigenvalue weighted by molar-refractivity contribution is 5.88. The van der Waals surface area contributed by atoms with E-state index in [1.807, 2.05) is 0 Å². The molecular weight excluding hydrogens is 438 g/mol. The zero-order valence-corrected chi connectivity index (χ0v) is 22.5. The van der Waals surface area contributed by atoms with E-state index in [-0.39, 0.29) is 23.4 Å². The highest BCUT2D eigenvalue weighted by atomic mass is 16.3. The second kappa shape index (κ2) is 9.42. The highest BCUT2D eigenvalue weighted by Gasteiger charge is 2.64. The number of carbonyl (C=O) groups is 1. The van der Waals surface area contributed by atoms with Gasteiger partial charge in [-0.25, -0.2) is 0 Å². The third kappa shape index (κ3) is 4.14. The summed E-state index contributed by atoms with van der Waals surface area (Å²) >= 11 is 0. The Kier molecular flexibility index (Phi) is 6.77. The molecule has 0 aliphatic heterocycles. The summed E-state index contributed by atoms with van der Waals surface area (Å²) in [5.41, 5.74) is 0.671. The van der Waals surface area contributed by atoms with Gasteiger partial charge in [-0.1, -0.05) is 52.6 Å². The van der Waals surface area contributed by atoms with Crippen LogP contribution in [0.4, 0.5) is 5.95 Å². The molecule has 1 heterocycles. The molecule has 7 heteroatoms. The van der Waals surface area contributed by atoms with Gasteiger partial charge >= 0.3 is 0 Å². The number of carbonyl (C=O) groups excluding carboxylic acids is 1. The lowest BCUT2D eigenvalue weighted by Gasteiger charge is -2.65. The van der Waals surface area contributed by atoms with Crippen molar-refractivity contribution in [2.45, 2.75) is 105 Å². The number of hydrogen-bond acceptors (Lipinski definition) is 5. The Balaban J connectivity index is 1.31. The zero-order chi connectivity index (χ0) is 25.0. The number of fused-ring (bicyclic) bond motifs is 5. The van der Waals surface area contributed by atoms with Crippen LogP contribution in [-0.4, -0.2) is 37.7 Å². The molecule has 0 saturated heterocycles. The van der Waals surface area contributed by atoms with Crippen molar-refractivity contribution in [3.8, 4) is 0 Å². The summed E-state index contributed by atoms with van der Waals surface area (Å²) in [4.78, 5) is 12.4. The van der Waals surface area contributed by atoms with E-state index < -0.39 is 0 Å². The van der Waals surface area contributed by atoms with Gasteiger partial charge in [0.25, 0.3) is 5.95 Å². The highest BCUT2D eigenvalue weighted by Crippen LogP contribution is 2.69. The molecule has 5 rings (SSSR count). The number of nitrogens with one attached hydrogen (secondary N) is 2. The molecule has 11 atom stereocenters. The number of aliphatic hydroxyl groups is 1. The normalized spacial score (nSPS) is 45.8. The summed E-state index contributed by atoms with van der Waals surface area (Å²) in [5.74, 6) is 4.99. The first-order valence-corrected chi connectivity index (χ1v) is 14.4. The van der Waals surface area contributed by atoms with E-state index in [2.05, 4.69) is 60.6 Å². The molecule has 7 nitrogen and oxygen atoms in total. The summed E-state index contributed by atoms with van der Waals surface area (Å²) in [5, 5.41) is 28.2. The molecule has 196 valence electrons. The summed E-state index contributed by atoms with van der Waals surface area (Å²) in [6, 6.07) is 0. The van der Waals surface area contributed by atoms with E-state index in [1.165, 1.54) is 44.9 Å². The lowest BCUT2D eigenvalue weighted by atomic mass is 9.41. The minimum atomic E-state index is -0.146. The van der Waals surface area contributed by atoms with Crippen molar-refractivity contribution in [1.82, 2.24) is 20.6 Å². The maximum atomic E-state index is 12.4. The number of aliphatic hydroxyl groups excluding tert-OH is 1. The average molecular weight is 486 g/mol. The van der Waals surface area contributed by atoms with Crippen LogP contribution in [0.15, 0.2) is 0 Å². The Labute approximate surface area is 211 Å². The van der Waals surface area contributed by atoms with E-state index in [0.717, 1.165) is 18.8 Å². The van der Waals surface area contributed by atoms with E-state index >= 15 is 0 Å². The van der Waals surface area contributed by atoms with Crippen LogP contribution in [0.3, 0.4) is 0 Å². The van der Waals surface area contributed by atoms with Crippen LogP contribution >= 0.6 is 0 Å². The largest absolute Gasteiger partial charge is 0.393 e. The third-order valence-corrected chi connectivity index (χ3v) is 11.9. The molecule has 0 bridgehead atoms. The van der Waals surface area contributed by atoms with Gasteiger partial charge in [0.05, 0.1) is 6.10 Å². The Hall–Kier alpha value is -1.50. The number of hydrogen-bond donors (Lipinski definition) is 3. The molecule has 1 aromatic heterocycles. The number of anilines is 1. The number of amides is 1. The van der Waals surface area contributed by atoms with Gasteiger partial charge in [0.2, 0.25) is 5.91 Å². The summed E-state index contributed by atoms with van der Waals surface area (Å²) in [7, 11) is 0. The molecule has 0 unspecified atom stereocenters. The Bertz CT molecular complexity index is 892. The molecule has 1 aromatic rings. The predicted molar refractivity (Wildman–Crippen MR) is 136 cm³/mol. The van der Waals surface area contributed by atoms with Crippen molar-refractivity contribution in [2.24, 2.45) is 58.2 Å². The molecule has 0 radical (unpaired) electrons. The average Bonchev–Trinajstić information content (AvgIpc) is 3.46. The number of nitrogens with zero attached hydrogens (tertiary/aromatic N) is 3. The standard InChI is InChI=1S/C28H47N5O2/c1-6-18-22-15-16(2)11-13-28(22,5)21-12-14-27(4)19(8-9-20(27)24(21)25(18)35)17(3)7-10-23(34)29-26-30-32-33-31-26/h16-22,24-25,35H,6-15H2,1-5H3,(H2,29,30,31,32,33,34)/t16-,17-,18-,19-,20+,21+,22+,24+,25-,27-,28-/m1/s1. The zero-order valence-electron chi connectivity index (χ0n) is 22.5. The molecule has 0 aromatic carbocycles. The lowest BCUT2D eigenvalue weighted by Crippen LogP contribution is -2.61. The third-order valence-electron chi connectivity index (χ3n) is 11.9. The van der Waals surface area contributed by atoms with Crippen LogP contribution in [0, 0.1) is 58.2 Å². The first-order chi connectivity index (χ1) is 16.7. The molecule has 4 fully saturated rings. The van der Waals surface area contributed by atoms with Crippen molar-refractivity contribution < 1.29 is 9.90 Å². The molecule has 3 N–H and O–H groups in total. The molecule has 0 spiro atoms. The number of rotatable bonds is 6. The molecule has 4 aliphatic rings. The Morgan fingerprint density at radius 2 is 1.89 bits per heavy atom. The number of H-pyrrole nitrogens is 1. The van der Waals surface area contributed by atoms with E-state index in [1.54, 1.807) is 0 Å². The van der Waals surface area contributed by atoms with Crippen LogP contribution < -0.4 is 5.32 Å². The van der Waals surface area contributed by atoms with Gasteiger partial charge in [-0.05, 0) is 108 Å². The number of aromatic amines is 1. The maximum absolute atomic E-state index is 12.4. The molecule has 1 amide bonds. The second-order valence-electron chi connectivity index (χ2n) is 13.4. The first-order valence-electron chi connectivity index (χ1n) is 14.4. The molecule has 4 aliphatic carbocycles. The van der Waals surface area contributed by atoms with Gasteiger partial charge in [0.1, 0.15) is 0 Å². The van der Waals surface area contributed by atoms with Crippen molar-refractivity contribution in [3.05, 3.63) is 0 Å². The van der Waals surface area contributed by atoms with Gasteiger partial charge < -0.3 is 5.11 Å². The molecule has 35 heavy (non-hydrogen) atoms. The minimum absolute atomic E-state index is 0.0411. The van der Waals surface area contributed by atoms with Crippen LogP contribution in [-0.2, 0) is 4.79 Å².